The fraction of sp³-hybridized carbons (Fsp3) is 0.593. The molecule has 2 heterocycles. The van der Waals surface area contributed by atoms with E-state index in [2.05, 4.69) is 53.7 Å². The van der Waals surface area contributed by atoms with Crippen LogP contribution in [0.2, 0.25) is 0 Å². The molecule has 0 amide bonds. The van der Waals surface area contributed by atoms with E-state index < -0.39 is 5.97 Å². The molecule has 1 N–H and O–H groups in total. The Morgan fingerprint density at radius 3 is 1.71 bits per heavy atom. The Bertz CT molecular complexity index is 828. The normalized spacial score (nSPS) is 17.5. The Balaban J connectivity index is 1.92. The van der Waals surface area contributed by atoms with E-state index in [4.69, 9.17) is 0 Å². The fourth-order valence-corrected chi connectivity index (χ4v) is 12.0. The van der Waals surface area contributed by atoms with Crippen molar-refractivity contribution in [2.45, 2.75) is 80.1 Å². The summed E-state index contributed by atoms with van der Waals surface area (Å²) in [7, 11) is 0. The molecule has 0 spiro atoms. The zero-order valence-electron chi connectivity index (χ0n) is 21.8. The number of aliphatic carboxylic acids is 1. The number of allylic oxidation sites excluding steroid dienone is 4. The van der Waals surface area contributed by atoms with Crippen LogP contribution in [0.25, 0.3) is 0 Å². The zero-order chi connectivity index (χ0) is 25.8. The third-order valence-electron chi connectivity index (χ3n) is 5.50. The summed E-state index contributed by atoms with van der Waals surface area (Å²) in [6, 6.07) is 0. The Morgan fingerprint density at radius 1 is 0.829 bits per heavy atom. The summed E-state index contributed by atoms with van der Waals surface area (Å²) in [6.45, 7) is 13.4. The average Bonchev–Trinajstić information content (AvgIpc) is 3.41. The minimum absolute atomic E-state index is 0.435. The maximum atomic E-state index is 11.4. The topological polar surface area (TPSA) is 37.3 Å². The first-order valence-electron chi connectivity index (χ1n) is 12.3. The van der Waals surface area contributed by atoms with Crippen molar-refractivity contribution < 1.29 is 9.90 Å². The molecule has 2 nitrogen and oxygen atoms in total. The Hall–Kier alpha value is 0.270. The molecule has 2 rings (SSSR count). The summed E-state index contributed by atoms with van der Waals surface area (Å²) < 4.78 is 5.21. The highest BCUT2D eigenvalue weighted by Gasteiger charge is 2.29. The van der Waals surface area contributed by atoms with Crippen molar-refractivity contribution >= 4 is 76.5 Å². The average molecular weight is 589 g/mol. The van der Waals surface area contributed by atoms with E-state index in [0.717, 1.165) is 27.6 Å². The molecule has 0 saturated heterocycles. The van der Waals surface area contributed by atoms with Crippen molar-refractivity contribution in [1.82, 2.24) is 0 Å². The van der Waals surface area contributed by atoms with E-state index in [0.29, 0.717) is 4.91 Å². The molecule has 196 valence electrons. The van der Waals surface area contributed by atoms with Gasteiger partial charge in [0.2, 0.25) is 0 Å². The van der Waals surface area contributed by atoms with Gasteiger partial charge in [-0.15, -0.1) is 23.5 Å². The highest BCUT2D eigenvalue weighted by atomic mass is 32.3. The largest absolute Gasteiger partial charge is 0.477 e. The highest BCUT2D eigenvalue weighted by Crippen LogP contribution is 2.62. The third kappa shape index (κ3) is 12.6. The molecule has 0 saturated carbocycles. The number of carbonyl (C=O) groups is 1. The van der Waals surface area contributed by atoms with Crippen molar-refractivity contribution in [2.75, 3.05) is 11.5 Å². The van der Waals surface area contributed by atoms with E-state index in [1.807, 2.05) is 47.0 Å². The van der Waals surface area contributed by atoms with Crippen LogP contribution in [0.5, 0.6) is 0 Å². The summed E-state index contributed by atoms with van der Waals surface area (Å²) in [5, 5.41) is 11.1. The summed E-state index contributed by atoms with van der Waals surface area (Å²) >= 11 is 10.7. The van der Waals surface area contributed by atoms with E-state index in [9.17, 15) is 9.90 Å². The molecule has 0 fully saturated rings. The summed E-state index contributed by atoms with van der Waals surface area (Å²) in [5.41, 5.74) is 2.82. The van der Waals surface area contributed by atoms with Gasteiger partial charge in [0.1, 0.15) is 4.91 Å². The van der Waals surface area contributed by atoms with Gasteiger partial charge in [-0.25, -0.2) is 4.79 Å². The van der Waals surface area contributed by atoms with Crippen molar-refractivity contribution in [3.05, 3.63) is 50.6 Å². The van der Waals surface area contributed by atoms with Gasteiger partial charge in [0.15, 0.2) is 0 Å². The molecule has 2 atom stereocenters. The minimum atomic E-state index is -0.826. The first-order chi connectivity index (χ1) is 16.7. The molecule has 2 aliphatic rings. The van der Waals surface area contributed by atoms with Gasteiger partial charge < -0.3 is 5.11 Å². The number of carboxylic acids is 1. The van der Waals surface area contributed by atoms with Gasteiger partial charge in [-0.1, -0.05) is 84.2 Å². The number of hydrogen-bond acceptors (Lipinski definition) is 7. The quantitative estimate of drug-likeness (QED) is 0.189. The number of rotatable bonds is 15. The summed E-state index contributed by atoms with van der Waals surface area (Å²) in [4.78, 5) is 11.8. The molecule has 0 bridgehead atoms. The van der Waals surface area contributed by atoms with Gasteiger partial charge in [-0.2, -0.15) is 0 Å². The first-order valence-corrected chi connectivity index (χ1v) is 17.6. The van der Waals surface area contributed by atoms with E-state index >= 15 is 0 Å². The van der Waals surface area contributed by atoms with E-state index in [-0.39, 0.29) is 0 Å². The lowest BCUT2D eigenvalue weighted by Crippen LogP contribution is -1.97. The second kappa shape index (κ2) is 17.0. The van der Waals surface area contributed by atoms with Crippen LogP contribution in [0.15, 0.2) is 50.6 Å². The predicted octanol–water partition coefficient (Wildman–Crippen LogP) is 11.1. The molecular formula is C27H40O2S6. The van der Waals surface area contributed by atoms with E-state index in [1.165, 1.54) is 74.1 Å². The number of carboxylic acid groups (broad SMARTS) is 1. The SMILES string of the molecule is CC(C)=CCCC(C)CCSC1=C(SCCC(C)CCC=C(C)C)SC(=C2SC=C(C(=O)O)S2)S1. The van der Waals surface area contributed by atoms with Crippen molar-refractivity contribution in [3.8, 4) is 0 Å². The monoisotopic (exact) mass is 588 g/mol. The van der Waals surface area contributed by atoms with Crippen LogP contribution in [0.4, 0.5) is 0 Å². The van der Waals surface area contributed by atoms with Crippen molar-refractivity contribution in [1.29, 1.82) is 0 Å². The zero-order valence-corrected chi connectivity index (χ0v) is 26.7. The van der Waals surface area contributed by atoms with Crippen LogP contribution >= 0.6 is 70.6 Å². The third-order valence-corrected chi connectivity index (χ3v) is 14.0. The van der Waals surface area contributed by atoms with Crippen molar-refractivity contribution in [2.24, 2.45) is 11.8 Å². The van der Waals surface area contributed by atoms with Crippen LogP contribution in [0.1, 0.15) is 80.1 Å². The Morgan fingerprint density at radius 2 is 1.31 bits per heavy atom. The van der Waals surface area contributed by atoms with Gasteiger partial charge in [0, 0.05) is 0 Å². The fourth-order valence-electron chi connectivity index (χ4n) is 3.28. The Kier molecular flexibility index (Phi) is 15.3. The van der Waals surface area contributed by atoms with Crippen LogP contribution in [0.3, 0.4) is 0 Å². The molecule has 0 aromatic rings. The van der Waals surface area contributed by atoms with Crippen molar-refractivity contribution in [3.63, 3.8) is 0 Å². The van der Waals surface area contributed by atoms with Crippen LogP contribution in [-0.2, 0) is 4.79 Å². The second-order valence-corrected chi connectivity index (χ2v) is 16.8. The summed E-state index contributed by atoms with van der Waals surface area (Å²) in [5.74, 6) is 2.92. The standard InChI is InChI=1S/C27H40O2S6/c1-18(2)9-7-11-20(5)13-15-30-24-25(31-16-14-21(6)12-8-10-19(3)4)35-27(34-24)26-32-17-22(33-26)23(28)29/h9-10,17,20-21H,7-8,11-16H2,1-6H3,(H,28,29). The molecule has 8 heteroatoms. The molecule has 0 aliphatic carbocycles. The number of thioether (sulfide) groups is 6. The minimum Gasteiger partial charge on any atom is -0.477 e. The van der Waals surface area contributed by atoms with Gasteiger partial charge in [0.25, 0.3) is 0 Å². The molecule has 0 radical (unpaired) electrons. The maximum absolute atomic E-state index is 11.4. The van der Waals surface area contributed by atoms with Crippen LogP contribution in [0, 0.1) is 11.8 Å². The molecule has 35 heavy (non-hydrogen) atoms. The summed E-state index contributed by atoms with van der Waals surface area (Å²) in [6.07, 6.45) is 12.0. The number of hydrogen-bond donors (Lipinski definition) is 1. The maximum Gasteiger partial charge on any atom is 0.343 e. The highest BCUT2D eigenvalue weighted by molar-refractivity contribution is 8.42. The van der Waals surface area contributed by atoms with E-state index in [1.54, 1.807) is 17.2 Å². The molecule has 2 unspecified atom stereocenters. The Labute approximate surface area is 238 Å². The van der Waals surface area contributed by atoms with Gasteiger partial charge in [-0.05, 0) is 95.0 Å². The molecule has 0 aromatic carbocycles. The molecule has 0 aromatic heterocycles. The predicted molar refractivity (Wildman–Crippen MR) is 170 cm³/mol. The molecule has 2 aliphatic heterocycles. The lowest BCUT2D eigenvalue weighted by Gasteiger charge is -2.11. The smallest absolute Gasteiger partial charge is 0.343 e. The molecular weight excluding hydrogens is 549 g/mol. The van der Waals surface area contributed by atoms with Gasteiger partial charge in [0.05, 0.1) is 16.9 Å². The first kappa shape index (κ1) is 31.5. The van der Waals surface area contributed by atoms with Crippen LogP contribution < -0.4 is 0 Å². The second-order valence-electron chi connectivity index (χ2n) is 9.56. The van der Waals surface area contributed by atoms with Gasteiger partial charge in [-0.3, -0.25) is 0 Å². The lowest BCUT2D eigenvalue weighted by atomic mass is 10.0. The van der Waals surface area contributed by atoms with Crippen LogP contribution in [-0.4, -0.2) is 22.6 Å². The van der Waals surface area contributed by atoms with Gasteiger partial charge >= 0.3 is 5.97 Å². The lowest BCUT2D eigenvalue weighted by molar-refractivity contribution is -0.131.